The van der Waals surface area contributed by atoms with Gasteiger partial charge in [0.25, 0.3) is 5.91 Å². The summed E-state index contributed by atoms with van der Waals surface area (Å²) in [5.41, 5.74) is 1.88. The first kappa shape index (κ1) is 14.9. The molecule has 2 heterocycles. The molecule has 116 valence electrons. The number of rotatable bonds is 4. The van der Waals surface area contributed by atoms with Crippen LogP contribution < -0.4 is 5.32 Å². The number of fused-ring (bicyclic) bond motifs is 1. The molecule has 0 bridgehead atoms. The highest BCUT2D eigenvalue weighted by molar-refractivity contribution is 5.93. The minimum atomic E-state index is -0.181. The Morgan fingerprint density at radius 1 is 1.32 bits per heavy atom. The van der Waals surface area contributed by atoms with Crippen LogP contribution >= 0.6 is 0 Å². The minimum absolute atomic E-state index is 0.0545. The van der Waals surface area contributed by atoms with E-state index in [9.17, 15) is 4.79 Å². The van der Waals surface area contributed by atoms with Crippen molar-refractivity contribution in [3.8, 4) is 0 Å². The third-order valence-electron chi connectivity index (χ3n) is 3.69. The fourth-order valence-electron chi connectivity index (χ4n) is 2.58. The van der Waals surface area contributed by atoms with Crippen LogP contribution in [0.3, 0.4) is 0 Å². The van der Waals surface area contributed by atoms with Crippen molar-refractivity contribution in [2.75, 3.05) is 32.8 Å². The summed E-state index contributed by atoms with van der Waals surface area (Å²) in [4.78, 5) is 23.2. The van der Waals surface area contributed by atoms with E-state index in [2.05, 4.69) is 20.2 Å². The number of aromatic nitrogens is 2. The van der Waals surface area contributed by atoms with Crippen LogP contribution in [-0.2, 0) is 4.74 Å². The van der Waals surface area contributed by atoms with Crippen molar-refractivity contribution in [1.82, 2.24) is 20.2 Å². The van der Waals surface area contributed by atoms with Crippen molar-refractivity contribution in [3.63, 3.8) is 0 Å². The van der Waals surface area contributed by atoms with Gasteiger partial charge in [0.2, 0.25) is 0 Å². The van der Waals surface area contributed by atoms with E-state index in [4.69, 9.17) is 4.74 Å². The predicted molar refractivity (Wildman–Crippen MR) is 83.7 cm³/mol. The highest BCUT2D eigenvalue weighted by Crippen LogP contribution is 2.08. The molecular weight excluding hydrogens is 280 g/mol. The van der Waals surface area contributed by atoms with E-state index in [1.54, 1.807) is 0 Å². The molecule has 0 saturated carbocycles. The number of benzene rings is 1. The van der Waals surface area contributed by atoms with Gasteiger partial charge in [-0.25, -0.2) is 4.98 Å². The van der Waals surface area contributed by atoms with Gasteiger partial charge in [-0.15, -0.1) is 0 Å². The van der Waals surface area contributed by atoms with Crippen molar-refractivity contribution in [1.29, 1.82) is 0 Å². The monoisotopic (exact) mass is 300 g/mol. The molecule has 0 unspecified atom stereocenters. The Hall–Kier alpha value is -2.05. The molecule has 1 aliphatic heterocycles. The molecule has 1 aromatic carbocycles. The van der Waals surface area contributed by atoms with Gasteiger partial charge in [0.15, 0.2) is 0 Å². The summed E-state index contributed by atoms with van der Waals surface area (Å²) in [6.07, 6.45) is 1.53. The van der Waals surface area contributed by atoms with Gasteiger partial charge >= 0.3 is 0 Å². The molecule has 1 fully saturated rings. The lowest BCUT2D eigenvalue weighted by atomic mass is 10.2. The molecule has 0 radical (unpaired) electrons. The average Bonchev–Trinajstić information content (AvgIpc) is 2.55. The SMILES string of the molecule is C[C@@H](CN1CCOCC1)NC(=O)c1cnc2ccccc2n1. The number of nitrogens with zero attached hydrogens (tertiary/aromatic N) is 3. The maximum atomic E-state index is 12.3. The molecule has 0 spiro atoms. The van der Waals surface area contributed by atoms with Crippen LogP contribution in [0.15, 0.2) is 30.5 Å². The molecule has 22 heavy (non-hydrogen) atoms. The normalized spacial score (nSPS) is 17.3. The first-order valence-electron chi connectivity index (χ1n) is 7.55. The number of morpholine rings is 1. The summed E-state index contributed by atoms with van der Waals surface area (Å²) in [5, 5.41) is 2.98. The second-order valence-corrected chi connectivity index (χ2v) is 5.53. The number of nitrogens with one attached hydrogen (secondary N) is 1. The van der Waals surface area contributed by atoms with Crippen LogP contribution in [0.2, 0.25) is 0 Å². The van der Waals surface area contributed by atoms with Crippen molar-refractivity contribution >= 4 is 16.9 Å². The van der Waals surface area contributed by atoms with Gasteiger partial charge in [-0.05, 0) is 19.1 Å². The Bertz CT molecular complexity index is 655. The first-order chi connectivity index (χ1) is 10.7. The fraction of sp³-hybridized carbons (Fsp3) is 0.438. The Morgan fingerprint density at radius 3 is 2.82 bits per heavy atom. The van der Waals surface area contributed by atoms with E-state index in [0.717, 1.165) is 43.9 Å². The van der Waals surface area contributed by atoms with Crippen LogP contribution in [0.1, 0.15) is 17.4 Å². The summed E-state index contributed by atoms with van der Waals surface area (Å²) in [7, 11) is 0. The van der Waals surface area contributed by atoms with E-state index >= 15 is 0 Å². The van der Waals surface area contributed by atoms with E-state index in [0.29, 0.717) is 5.69 Å². The van der Waals surface area contributed by atoms with E-state index in [-0.39, 0.29) is 11.9 Å². The molecule has 6 heteroatoms. The number of hydrogen-bond donors (Lipinski definition) is 1. The van der Waals surface area contributed by atoms with Crippen LogP contribution in [0.4, 0.5) is 0 Å². The maximum absolute atomic E-state index is 12.3. The van der Waals surface area contributed by atoms with E-state index < -0.39 is 0 Å². The Labute approximate surface area is 129 Å². The number of hydrogen-bond acceptors (Lipinski definition) is 5. The zero-order valence-electron chi connectivity index (χ0n) is 12.7. The molecule has 3 rings (SSSR count). The summed E-state index contributed by atoms with van der Waals surface area (Å²) in [6, 6.07) is 7.58. The van der Waals surface area contributed by atoms with Crippen molar-refractivity contribution in [2.45, 2.75) is 13.0 Å². The van der Waals surface area contributed by atoms with Crippen LogP contribution in [0, 0.1) is 0 Å². The number of para-hydroxylation sites is 2. The van der Waals surface area contributed by atoms with Crippen molar-refractivity contribution in [2.24, 2.45) is 0 Å². The molecule has 1 aliphatic rings. The second-order valence-electron chi connectivity index (χ2n) is 5.53. The van der Waals surface area contributed by atoms with Gasteiger partial charge in [-0.2, -0.15) is 0 Å². The predicted octanol–water partition coefficient (Wildman–Crippen LogP) is 1.08. The Kier molecular flexibility index (Phi) is 4.60. The number of carbonyl (C=O) groups is 1. The fourth-order valence-corrected chi connectivity index (χ4v) is 2.58. The lowest BCUT2D eigenvalue weighted by molar-refractivity contribution is 0.0342. The third kappa shape index (κ3) is 3.58. The lowest BCUT2D eigenvalue weighted by Crippen LogP contribution is -2.46. The molecule has 2 aromatic rings. The highest BCUT2D eigenvalue weighted by atomic mass is 16.5. The minimum Gasteiger partial charge on any atom is -0.379 e. The van der Waals surface area contributed by atoms with Gasteiger partial charge in [-0.1, -0.05) is 12.1 Å². The highest BCUT2D eigenvalue weighted by Gasteiger charge is 2.16. The van der Waals surface area contributed by atoms with Gasteiger partial charge in [0.05, 0.1) is 30.4 Å². The standard InChI is InChI=1S/C16H20N4O2/c1-12(11-20-6-8-22-9-7-20)18-16(21)15-10-17-13-4-2-3-5-14(13)19-15/h2-5,10,12H,6-9,11H2,1H3,(H,18,21)/t12-/m0/s1. The zero-order valence-corrected chi connectivity index (χ0v) is 12.7. The molecule has 1 N–H and O–H groups in total. The Morgan fingerprint density at radius 2 is 2.05 bits per heavy atom. The molecule has 1 amide bonds. The smallest absolute Gasteiger partial charge is 0.271 e. The first-order valence-corrected chi connectivity index (χ1v) is 7.55. The van der Waals surface area contributed by atoms with Crippen molar-refractivity contribution < 1.29 is 9.53 Å². The summed E-state index contributed by atoms with van der Waals surface area (Å²) in [6.45, 7) is 6.16. The van der Waals surface area contributed by atoms with Crippen LogP contribution in [0.5, 0.6) is 0 Å². The molecule has 1 saturated heterocycles. The molecule has 1 aromatic heterocycles. The van der Waals surface area contributed by atoms with Crippen LogP contribution in [-0.4, -0.2) is 59.7 Å². The number of ether oxygens (including phenoxy) is 1. The Balaban J connectivity index is 1.62. The van der Waals surface area contributed by atoms with Gasteiger partial charge in [-0.3, -0.25) is 14.7 Å². The molecule has 0 aliphatic carbocycles. The molecule has 1 atom stereocenters. The van der Waals surface area contributed by atoms with Crippen LogP contribution in [0.25, 0.3) is 11.0 Å². The topological polar surface area (TPSA) is 67.3 Å². The summed E-state index contributed by atoms with van der Waals surface area (Å²) < 4.78 is 5.33. The average molecular weight is 300 g/mol. The molecular formula is C16H20N4O2. The third-order valence-corrected chi connectivity index (χ3v) is 3.69. The van der Waals surface area contributed by atoms with Crippen molar-refractivity contribution in [3.05, 3.63) is 36.2 Å². The van der Waals surface area contributed by atoms with Gasteiger partial charge < -0.3 is 10.1 Å². The zero-order chi connectivity index (χ0) is 15.4. The van der Waals surface area contributed by atoms with E-state index in [1.165, 1.54) is 6.20 Å². The number of amides is 1. The van der Waals surface area contributed by atoms with Gasteiger partial charge in [0.1, 0.15) is 5.69 Å². The lowest BCUT2D eigenvalue weighted by Gasteiger charge is -2.29. The summed E-state index contributed by atoms with van der Waals surface area (Å²) in [5.74, 6) is -0.181. The molecule has 6 nitrogen and oxygen atoms in total. The second kappa shape index (κ2) is 6.81. The largest absolute Gasteiger partial charge is 0.379 e. The quantitative estimate of drug-likeness (QED) is 0.915. The van der Waals surface area contributed by atoms with Gasteiger partial charge in [0, 0.05) is 25.7 Å². The number of carbonyl (C=O) groups excluding carboxylic acids is 1. The maximum Gasteiger partial charge on any atom is 0.271 e. The van der Waals surface area contributed by atoms with E-state index in [1.807, 2.05) is 31.2 Å². The summed E-state index contributed by atoms with van der Waals surface area (Å²) >= 11 is 0.